The number of sulfonamides is 1. The summed E-state index contributed by atoms with van der Waals surface area (Å²) in [6.07, 6.45) is 0.500. The molecule has 7 nitrogen and oxygen atoms in total. The van der Waals surface area contributed by atoms with Crippen LogP contribution < -0.4 is 10.0 Å². The first kappa shape index (κ1) is 24.2. The van der Waals surface area contributed by atoms with E-state index in [0.29, 0.717) is 6.42 Å². The Kier molecular flexibility index (Phi) is 6.97. The highest BCUT2D eigenvalue weighted by Crippen LogP contribution is 2.28. The highest BCUT2D eigenvalue weighted by Gasteiger charge is 2.18. The molecule has 0 aliphatic heterocycles. The summed E-state index contributed by atoms with van der Waals surface area (Å²) in [5, 5.41) is 7.22. The Morgan fingerprint density at radius 2 is 1.69 bits per heavy atom. The van der Waals surface area contributed by atoms with Gasteiger partial charge in [-0.1, -0.05) is 48.5 Å². The fourth-order valence-electron chi connectivity index (χ4n) is 3.89. The number of nitrogens with zero attached hydrogens (tertiary/aromatic N) is 2. The van der Waals surface area contributed by atoms with Gasteiger partial charge in [0.15, 0.2) is 0 Å². The number of amides is 2. The maximum atomic E-state index is 13.3. The zero-order valence-electron chi connectivity index (χ0n) is 19.3. The predicted molar refractivity (Wildman–Crippen MR) is 132 cm³/mol. The number of carbonyl (C=O) groups is 1. The summed E-state index contributed by atoms with van der Waals surface area (Å²) in [5.74, 6) is -0.700. The van der Waals surface area contributed by atoms with Gasteiger partial charge in [0, 0.05) is 17.8 Å². The third-order valence-corrected chi connectivity index (χ3v) is 6.90. The van der Waals surface area contributed by atoms with E-state index in [4.69, 9.17) is 5.10 Å². The van der Waals surface area contributed by atoms with Crippen LogP contribution in [0, 0.1) is 19.7 Å². The molecule has 0 saturated carbocycles. The molecule has 4 aromatic rings. The number of rotatable bonds is 7. The van der Waals surface area contributed by atoms with E-state index < -0.39 is 21.9 Å². The lowest BCUT2D eigenvalue weighted by Gasteiger charge is -2.10. The molecule has 4 rings (SSSR count). The van der Waals surface area contributed by atoms with Crippen LogP contribution in [-0.4, -0.2) is 30.8 Å². The van der Waals surface area contributed by atoms with Gasteiger partial charge in [0.25, 0.3) is 10.0 Å². The molecule has 0 unspecified atom stereocenters. The lowest BCUT2D eigenvalue weighted by atomic mass is 10.0. The van der Waals surface area contributed by atoms with Gasteiger partial charge in [-0.25, -0.2) is 27.0 Å². The average molecular weight is 493 g/mol. The fourth-order valence-corrected chi connectivity index (χ4v) is 4.85. The molecular formula is C26H25FN4O3S. The smallest absolute Gasteiger partial charge is 0.328 e. The molecule has 0 bridgehead atoms. The van der Waals surface area contributed by atoms with Crippen molar-refractivity contribution < 1.29 is 17.6 Å². The Bertz CT molecular complexity index is 1450. The minimum absolute atomic E-state index is 0.224. The third-order valence-electron chi connectivity index (χ3n) is 5.57. The van der Waals surface area contributed by atoms with E-state index in [2.05, 4.69) is 17.4 Å². The van der Waals surface area contributed by atoms with Gasteiger partial charge in [-0.2, -0.15) is 5.10 Å². The first-order chi connectivity index (χ1) is 16.7. The molecule has 2 N–H and O–H groups in total. The van der Waals surface area contributed by atoms with Crippen molar-refractivity contribution in [1.82, 2.24) is 19.8 Å². The highest BCUT2D eigenvalue weighted by molar-refractivity contribution is 7.90. The Morgan fingerprint density at radius 1 is 0.971 bits per heavy atom. The summed E-state index contributed by atoms with van der Waals surface area (Å²) >= 11 is 0. The summed E-state index contributed by atoms with van der Waals surface area (Å²) in [6, 6.07) is 21.5. The molecule has 0 atom stereocenters. The van der Waals surface area contributed by atoms with E-state index in [1.54, 1.807) is 0 Å². The molecule has 1 heterocycles. The first-order valence-electron chi connectivity index (χ1n) is 11.0. The standard InChI is InChI=1S/C26H25FN4O3S/c1-18-25(21-7-4-3-5-8-21)19(2)31(29-18)23-13-11-20(12-14-23)15-16-28-26(32)30-35(33,34)24-10-6-9-22(27)17-24/h3-14,17H,15-16H2,1-2H3,(H2,28,30,32). The van der Waals surface area contributed by atoms with E-state index in [9.17, 15) is 17.6 Å². The lowest BCUT2D eigenvalue weighted by Crippen LogP contribution is -2.40. The number of benzene rings is 3. The first-order valence-corrected chi connectivity index (χ1v) is 12.5. The van der Waals surface area contributed by atoms with Crippen LogP contribution in [-0.2, 0) is 16.4 Å². The molecule has 9 heteroatoms. The van der Waals surface area contributed by atoms with E-state index in [1.165, 1.54) is 12.1 Å². The number of hydrogen-bond acceptors (Lipinski definition) is 4. The molecule has 1 aromatic heterocycles. The minimum Gasteiger partial charge on any atom is -0.337 e. The van der Waals surface area contributed by atoms with E-state index in [0.717, 1.165) is 45.9 Å². The molecule has 180 valence electrons. The zero-order valence-corrected chi connectivity index (χ0v) is 20.1. The average Bonchev–Trinajstić information content (AvgIpc) is 3.13. The molecule has 0 radical (unpaired) electrons. The Balaban J connectivity index is 1.36. The Morgan fingerprint density at radius 3 is 2.37 bits per heavy atom. The van der Waals surface area contributed by atoms with Crippen LogP contribution in [0.1, 0.15) is 17.0 Å². The third kappa shape index (κ3) is 5.58. The van der Waals surface area contributed by atoms with Gasteiger partial charge < -0.3 is 5.32 Å². The van der Waals surface area contributed by atoms with Gasteiger partial charge in [0.2, 0.25) is 0 Å². The van der Waals surface area contributed by atoms with Crippen molar-refractivity contribution in [2.75, 3.05) is 6.54 Å². The zero-order chi connectivity index (χ0) is 25.0. The summed E-state index contributed by atoms with van der Waals surface area (Å²) in [4.78, 5) is 11.7. The van der Waals surface area contributed by atoms with E-state index in [1.807, 2.05) is 65.7 Å². The van der Waals surface area contributed by atoms with Gasteiger partial charge in [0.05, 0.1) is 16.3 Å². The van der Waals surface area contributed by atoms with Crippen molar-refractivity contribution in [3.8, 4) is 16.8 Å². The second-order valence-electron chi connectivity index (χ2n) is 8.06. The molecule has 0 aliphatic rings. The topological polar surface area (TPSA) is 93.1 Å². The maximum absolute atomic E-state index is 13.3. The minimum atomic E-state index is -4.15. The Labute approximate surface area is 203 Å². The maximum Gasteiger partial charge on any atom is 0.328 e. The largest absolute Gasteiger partial charge is 0.337 e. The Hall–Kier alpha value is -3.98. The van der Waals surface area contributed by atoms with Crippen LogP contribution in [0.2, 0.25) is 0 Å². The van der Waals surface area contributed by atoms with Crippen LogP contribution >= 0.6 is 0 Å². The van der Waals surface area contributed by atoms with Gasteiger partial charge >= 0.3 is 6.03 Å². The van der Waals surface area contributed by atoms with Gasteiger partial charge in [-0.15, -0.1) is 0 Å². The van der Waals surface area contributed by atoms with Crippen LogP contribution in [0.5, 0.6) is 0 Å². The van der Waals surface area contributed by atoms with E-state index >= 15 is 0 Å². The monoisotopic (exact) mass is 492 g/mol. The van der Waals surface area contributed by atoms with Gasteiger partial charge in [0.1, 0.15) is 5.82 Å². The fraction of sp³-hybridized carbons (Fsp3) is 0.154. The number of aryl methyl sites for hydroxylation is 1. The number of halogens is 1. The highest BCUT2D eigenvalue weighted by atomic mass is 32.2. The molecule has 35 heavy (non-hydrogen) atoms. The molecule has 0 saturated heterocycles. The molecule has 0 spiro atoms. The molecule has 0 aliphatic carbocycles. The van der Waals surface area contributed by atoms with Crippen molar-refractivity contribution in [3.63, 3.8) is 0 Å². The number of urea groups is 1. The van der Waals surface area contributed by atoms with Crippen molar-refractivity contribution in [2.45, 2.75) is 25.2 Å². The predicted octanol–water partition coefficient (Wildman–Crippen LogP) is 4.53. The summed E-state index contributed by atoms with van der Waals surface area (Å²) in [5.41, 5.74) is 6.10. The number of aromatic nitrogens is 2. The number of hydrogen-bond donors (Lipinski definition) is 2. The van der Waals surface area contributed by atoms with Gasteiger partial charge in [-0.3, -0.25) is 0 Å². The van der Waals surface area contributed by atoms with Crippen LogP contribution in [0.25, 0.3) is 16.8 Å². The second-order valence-corrected chi connectivity index (χ2v) is 9.74. The van der Waals surface area contributed by atoms with Crippen LogP contribution in [0.3, 0.4) is 0 Å². The lowest BCUT2D eigenvalue weighted by molar-refractivity contribution is 0.246. The normalized spacial score (nSPS) is 11.3. The summed E-state index contributed by atoms with van der Waals surface area (Å²) in [7, 11) is -4.15. The van der Waals surface area contributed by atoms with Gasteiger partial charge in [-0.05, 0) is 61.7 Å². The molecule has 3 aromatic carbocycles. The quantitative estimate of drug-likeness (QED) is 0.397. The van der Waals surface area contributed by atoms with Crippen LogP contribution in [0.15, 0.2) is 83.8 Å². The van der Waals surface area contributed by atoms with Crippen molar-refractivity contribution in [3.05, 3.63) is 102 Å². The summed E-state index contributed by atoms with van der Waals surface area (Å²) < 4.78 is 41.5. The SMILES string of the molecule is Cc1nn(-c2ccc(CCNC(=O)NS(=O)(=O)c3cccc(F)c3)cc2)c(C)c1-c1ccccc1. The number of carbonyl (C=O) groups excluding carboxylic acids is 1. The van der Waals surface area contributed by atoms with Crippen molar-refractivity contribution in [2.24, 2.45) is 0 Å². The second kappa shape index (κ2) is 10.1. The van der Waals surface area contributed by atoms with Crippen molar-refractivity contribution >= 4 is 16.1 Å². The molecule has 2 amide bonds. The van der Waals surface area contributed by atoms with E-state index in [-0.39, 0.29) is 11.4 Å². The summed E-state index contributed by atoms with van der Waals surface area (Å²) in [6.45, 7) is 4.25. The number of nitrogens with one attached hydrogen (secondary N) is 2. The molecular weight excluding hydrogens is 467 g/mol. The molecule has 0 fully saturated rings. The van der Waals surface area contributed by atoms with Crippen molar-refractivity contribution in [1.29, 1.82) is 0 Å². The van der Waals surface area contributed by atoms with Crippen LogP contribution in [0.4, 0.5) is 9.18 Å².